The third-order valence-corrected chi connectivity index (χ3v) is 5.00. The van der Waals surface area contributed by atoms with Crippen molar-refractivity contribution in [1.82, 2.24) is 9.80 Å². The van der Waals surface area contributed by atoms with Gasteiger partial charge in [0.05, 0.1) is 17.2 Å². The predicted molar refractivity (Wildman–Crippen MR) is 99.3 cm³/mol. The fraction of sp³-hybridized carbons (Fsp3) is 0.444. The first-order valence-electron chi connectivity index (χ1n) is 8.17. The number of methoxy groups -OCH3 is 1. The van der Waals surface area contributed by atoms with Crippen LogP contribution in [0.4, 0.5) is 0 Å². The van der Waals surface area contributed by atoms with Crippen LogP contribution in [0.15, 0.2) is 24.8 Å². The Hall–Kier alpha value is -1.72. The molecule has 136 valence electrons. The van der Waals surface area contributed by atoms with Crippen LogP contribution in [0.5, 0.6) is 5.75 Å². The number of carbonyl (C=O) groups is 2. The van der Waals surface area contributed by atoms with Gasteiger partial charge in [0.25, 0.3) is 0 Å². The Kier molecular flexibility index (Phi) is 7.14. The number of nitrogens with zero attached hydrogens (tertiary/aromatic N) is 2. The third-order valence-electron chi connectivity index (χ3n) is 4.28. The SMILES string of the molecule is C=CC(=O)N1CCN(C(=O)CCCc2cc(Cl)c(Cl)cc2OC)CC1. The molecule has 5 nitrogen and oxygen atoms in total. The van der Waals surface area contributed by atoms with Crippen molar-refractivity contribution in [2.75, 3.05) is 33.3 Å². The highest BCUT2D eigenvalue weighted by molar-refractivity contribution is 6.42. The number of piperazine rings is 1. The molecule has 25 heavy (non-hydrogen) atoms. The van der Waals surface area contributed by atoms with Crippen molar-refractivity contribution in [2.45, 2.75) is 19.3 Å². The van der Waals surface area contributed by atoms with Gasteiger partial charge in [0.15, 0.2) is 0 Å². The van der Waals surface area contributed by atoms with E-state index >= 15 is 0 Å². The first-order chi connectivity index (χ1) is 12.0. The first kappa shape index (κ1) is 19.6. The summed E-state index contributed by atoms with van der Waals surface area (Å²) in [6, 6.07) is 3.48. The molecule has 0 radical (unpaired) electrons. The molecule has 1 heterocycles. The van der Waals surface area contributed by atoms with Crippen molar-refractivity contribution >= 4 is 35.0 Å². The van der Waals surface area contributed by atoms with E-state index in [-0.39, 0.29) is 11.8 Å². The maximum Gasteiger partial charge on any atom is 0.246 e. The fourth-order valence-corrected chi connectivity index (χ4v) is 3.19. The molecule has 0 spiro atoms. The number of benzene rings is 1. The molecule has 7 heteroatoms. The van der Waals surface area contributed by atoms with E-state index in [1.54, 1.807) is 29.0 Å². The van der Waals surface area contributed by atoms with E-state index in [0.717, 1.165) is 5.56 Å². The van der Waals surface area contributed by atoms with Gasteiger partial charge in [-0.2, -0.15) is 0 Å². The van der Waals surface area contributed by atoms with E-state index < -0.39 is 0 Å². The van der Waals surface area contributed by atoms with Crippen molar-refractivity contribution in [3.8, 4) is 5.75 Å². The topological polar surface area (TPSA) is 49.9 Å². The number of ether oxygens (including phenoxy) is 1. The minimum Gasteiger partial charge on any atom is -0.496 e. The molecule has 1 aliphatic rings. The van der Waals surface area contributed by atoms with Gasteiger partial charge in [-0.1, -0.05) is 29.8 Å². The van der Waals surface area contributed by atoms with Gasteiger partial charge < -0.3 is 14.5 Å². The van der Waals surface area contributed by atoms with E-state index in [9.17, 15) is 9.59 Å². The van der Waals surface area contributed by atoms with Gasteiger partial charge in [-0.3, -0.25) is 9.59 Å². The monoisotopic (exact) mass is 384 g/mol. The highest BCUT2D eigenvalue weighted by Gasteiger charge is 2.22. The molecule has 2 amide bonds. The number of carbonyl (C=O) groups excluding carboxylic acids is 2. The largest absolute Gasteiger partial charge is 0.496 e. The molecule has 0 bridgehead atoms. The summed E-state index contributed by atoms with van der Waals surface area (Å²) in [5.74, 6) is 0.696. The van der Waals surface area contributed by atoms with Crippen LogP contribution < -0.4 is 4.74 Å². The summed E-state index contributed by atoms with van der Waals surface area (Å²) in [6.45, 7) is 5.72. The maximum absolute atomic E-state index is 12.3. The van der Waals surface area contributed by atoms with Crippen LogP contribution in [0, 0.1) is 0 Å². The summed E-state index contributed by atoms with van der Waals surface area (Å²) in [7, 11) is 1.58. The van der Waals surface area contributed by atoms with E-state index in [4.69, 9.17) is 27.9 Å². The fourth-order valence-electron chi connectivity index (χ4n) is 2.85. The molecular formula is C18H22Cl2N2O3. The molecular weight excluding hydrogens is 363 g/mol. The maximum atomic E-state index is 12.3. The lowest BCUT2D eigenvalue weighted by molar-refractivity contribution is -0.137. The molecule has 1 fully saturated rings. The highest BCUT2D eigenvalue weighted by Crippen LogP contribution is 2.31. The molecule has 0 aliphatic carbocycles. The Bertz CT molecular complexity index is 656. The van der Waals surface area contributed by atoms with Crippen molar-refractivity contribution in [1.29, 1.82) is 0 Å². The average Bonchev–Trinajstić information content (AvgIpc) is 2.63. The molecule has 0 unspecified atom stereocenters. The van der Waals surface area contributed by atoms with Crippen LogP contribution in [0.25, 0.3) is 0 Å². The molecule has 1 aliphatic heterocycles. The lowest BCUT2D eigenvalue weighted by atomic mass is 10.1. The van der Waals surface area contributed by atoms with Crippen molar-refractivity contribution in [3.05, 3.63) is 40.4 Å². The molecule has 2 rings (SSSR count). The van der Waals surface area contributed by atoms with Gasteiger partial charge in [-0.25, -0.2) is 0 Å². The molecule has 1 saturated heterocycles. The predicted octanol–water partition coefficient (Wildman–Crippen LogP) is 3.18. The minimum atomic E-state index is -0.0844. The van der Waals surface area contributed by atoms with E-state index in [0.29, 0.717) is 61.2 Å². The molecule has 0 N–H and O–H groups in total. The van der Waals surface area contributed by atoms with E-state index in [1.165, 1.54) is 6.08 Å². The average molecular weight is 385 g/mol. The normalized spacial score (nSPS) is 14.4. The number of rotatable bonds is 6. The van der Waals surface area contributed by atoms with Crippen LogP contribution in [0.1, 0.15) is 18.4 Å². The Morgan fingerprint density at radius 3 is 2.36 bits per heavy atom. The van der Waals surface area contributed by atoms with Crippen LogP contribution >= 0.6 is 23.2 Å². The Morgan fingerprint density at radius 2 is 1.76 bits per heavy atom. The second-order valence-electron chi connectivity index (χ2n) is 5.84. The number of hydrogen-bond donors (Lipinski definition) is 0. The van der Waals surface area contributed by atoms with Crippen LogP contribution in [0.2, 0.25) is 10.0 Å². The van der Waals surface area contributed by atoms with Crippen molar-refractivity contribution < 1.29 is 14.3 Å². The number of aryl methyl sites for hydroxylation is 1. The lowest BCUT2D eigenvalue weighted by Crippen LogP contribution is -2.50. The highest BCUT2D eigenvalue weighted by atomic mass is 35.5. The molecule has 0 atom stereocenters. The summed E-state index contributed by atoms with van der Waals surface area (Å²) in [5, 5.41) is 0.928. The van der Waals surface area contributed by atoms with Gasteiger partial charge >= 0.3 is 0 Å². The third kappa shape index (κ3) is 5.13. The number of halogens is 2. The van der Waals surface area contributed by atoms with Crippen molar-refractivity contribution in [2.24, 2.45) is 0 Å². The Morgan fingerprint density at radius 1 is 1.16 bits per heavy atom. The summed E-state index contributed by atoms with van der Waals surface area (Å²) in [4.78, 5) is 27.4. The lowest BCUT2D eigenvalue weighted by Gasteiger charge is -2.34. The summed E-state index contributed by atoms with van der Waals surface area (Å²) in [6.07, 6.45) is 3.13. The number of hydrogen-bond acceptors (Lipinski definition) is 3. The molecule has 0 aromatic heterocycles. The second kappa shape index (κ2) is 9.11. The van der Waals surface area contributed by atoms with Crippen LogP contribution in [0.3, 0.4) is 0 Å². The van der Waals surface area contributed by atoms with Crippen LogP contribution in [-0.4, -0.2) is 54.9 Å². The van der Waals surface area contributed by atoms with Gasteiger partial charge in [-0.05, 0) is 30.5 Å². The summed E-state index contributed by atoms with van der Waals surface area (Å²) < 4.78 is 5.32. The standard InChI is InChI=1S/C18H22Cl2N2O3/c1-3-17(23)21-7-9-22(10-8-21)18(24)6-4-5-13-11-14(19)15(20)12-16(13)25-2/h3,11-12H,1,4-10H2,2H3. The zero-order valence-electron chi connectivity index (χ0n) is 14.3. The van der Waals surface area contributed by atoms with Gasteiger partial charge in [0, 0.05) is 38.7 Å². The van der Waals surface area contributed by atoms with Gasteiger partial charge in [-0.15, -0.1) is 0 Å². The van der Waals surface area contributed by atoms with Gasteiger partial charge in [0.2, 0.25) is 11.8 Å². The van der Waals surface area contributed by atoms with Gasteiger partial charge in [0.1, 0.15) is 5.75 Å². The summed E-state index contributed by atoms with van der Waals surface area (Å²) >= 11 is 12.0. The second-order valence-corrected chi connectivity index (χ2v) is 6.66. The molecule has 1 aromatic rings. The van der Waals surface area contributed by atoms with E-state index in [2.05, 4.69) is 6.58 Å². The zero-order chi connectivity index (χ0) is 18.4. The summed E-state index contributed by atoms with van der Waals surface area (Å²) in [5.41, 5.74) is 0.936. The van der Waals surface area contributed by atoms with Crippen molar-refractivity contribution in [3.63, 3.8) is 0 Å². The van der Waals surface area contributed by atoms with E-state index in [1.807, 2.05) is 0 Å². The smallest absolute Gasteiger partial charge is 0.246 e. The quantitative estimate of drug-likeness (QED) is 0.707. The van der Waals surface area contributed by atoms with Crippen LogP contribution in [-0.2, 0) is 16.0 Å². The number of amides is 2. The molecule has 0 saturated carbocycles. The Labute approximate surface area is 158 Å². The Balaban J connectivity index is 1.82. The molecule has 1 aromatic carbocycles. The zero-order valence-corrected chi connectivity index (χ0v) is 15.8. The first-order valence-corrected chi connectivity index (χ1v) is 8.93. The minimum absolute atomic E-state index is 0.0844.